The Bertz CT molecular complexity index is 581. The van der Waals surface area contributed by atoms with Gasteiger partial charge >= 0.3 is 0 Å². The quantitative estimate of drug-likeness (QED) is 0.821. The minimum atomic E-state index is -3.61. The zero-order chi connectivity index (χ0) is 15.5. The van der Waals surface area contributed by atoms with Crippen molar-refractivity contribution >= 4 is 15.7 Å². The van der Waals surface area contributed by atoms with Crippen LogP contribution in [0.15, 0.2) is 23.1 Å². The van der Waals surface area contributed by atoms with Gasteiger partial charge in [0.1, 0.15) is 5.82 Å². The molecule has 1 aliphatic carbocycles. The summed E-state index contributed by atoms with van der Waals surface area (Å²) in [6.45, 7) is 2.64. The van der Waals surface area contributed by atoms with Crippen LogP contribution in [0.25, 0.3) is 0 Å². The number of hydrogen-bond acceptors (Lipinski definition) is 3. The summed E-state index contributed by atoms with van der Waals surface area (Å²) in [7, 11) is -3.61. The molecule has 4 nitrogen and oxygen atoms in total. The Morgan fingerprint density at radius 3 is 2.43 bits per heavy atom. The molecule has 0 saturated heterocycles. The molecule has 21 heavy (non-hydrogen) atoms. The van der Waals surface area contributed by atoms with Gasteiger partial charge in [-0.1, -0.05) is 26.2 Å². The molecule has 6 heteroatoms. The number of anilines is 1. The average molecular weight is 314 g/mol. The fourth-order valence-electron chi connectivity index (χ4n) is 2.84. The highest BCUT2D eigenvalue weighted by Gasteiger charge is 2.22. The van der Waals surface area contributed by atoms with Gasteiger partial charge in [0.2, 0.25) is 10.0 Å². The zero-order valence-corrected chi connectivity index (χ0v) is 13.1. The van der Waals surface area contributed by atoms with Crippen molar-refractivity contribution in [3.63, 3.8) is 0 Å². The number of nitrogens with two attached hydrogens (primary N) is 1. The lowest BCUT2D eigenvalue weighted by atomic mass is 9.81. The van der Waals surface area contributed by atoms with E-state index >= 15 is 0 Å². The predicted molar refractivity (Wildman–Crippen MR) is 81.7 cm³/mol. The van der Waals surface area contributed by atoms with Crippen LogP contribution in [0.5, 0.6) is 0 Å². The maximum absolute atomic E-state index is 13.1. The van der Waals surface area contributed by atoms with E-state index < -0.39 is 15.8 Å². The van der Waals surface area contributed by atoms with Crippen molar-refractivity contribution in [2.45, 2.75) is 43.9 Å². The van der Waals surface area contributed by atoms with Crippen LogP contribution in [-0.4, -0.2) is 15.0 Å². The van der Waals surface area contributed by atoms with E-state index in [0.29, 0.717) is 12.5 Å². The highest BCUT2D eigenvalue weighted by Crippen LogP contribution is 2.30. The maximum atomic E-state index is 13.1. The van der Waals surface area contributed by atoms with E-state index in [-0.39, 0.29) is 10.6 Å². The van der Waals surface area contributed by atoms with Gasteiger partial charge in [-0.05, 0) is 42.9 Å². The molecule has 0 bridgehead atoms. The first kappa shape index (κ1) is 16.2. The van der Waals surface area contributed by atoms with Gasteiger partial charge in [0.15, 0.2) is 0 Å². The van der Waals surface area contributed by atoms with Crippen LogP contribution in [0.4, 0.5) is 10.1 Å². The molecule has 1 fully saturated rings. The lowest BCUT2D eigenvalue weighted by Crippen LogP contribution is -2.31. The summed E-state index contributed by atoms with van der Waals surface area (Å²) in [5, 5.41) is 0. The molecule has 1 aromatic rings. The Hall–Kier alpha value is -1.14. The average Bonchev–Trinajstić information content (AvgIpc) is 2.48. The third-order valence-corrected chi connectivity index (χ3v) is 5.80. The molecule has 1 aliphatic rings. The summed E-state index contributed by atoms with van der Waals surface area (Å²) >= 11 is 0. The number of rotatable bonds is 5. The Morgan fingerprint density at radius 2 is 1.86 bits per heavy atom. The molecule has 1 saturated carbocycles. The van der Waals surface area contributed by atoms with Crippen molar-refractivity contribution in [1.82, 2.24) is 4.72 Å². The van der Waals surface area contributed by atoms with Crippen LogP contribution in [0.2, 0.25) is 0 Å². The van der Waals surface area contributed by atoms with Crippen LogP contribution in [0.1, 0.15) is 39.0 Å². The number of halogens is 1. The molecular formula is C15H23FN2O2S. The van der Waals surface area contributed by atoms with Gasteiger partial charge in [-0.3, -0.25) is 0 Å². The fraction of sp³-hybridized carbons (Fsp3) is 0.600. The van der Waals surface area contributed by atoms with Gasteiger partial charge in [-0.15, -0.1) is 0 Å². The Labute approximate surface area is 126 Å². The lowest BCUT2D eigenvalue weighted by Gasteiger charge is -2.27. The monoisotopic (exact) mass is 314 g/mol. The summed E-state index contributed by atoms with van der Waals surface area (Å²) in [6, 6.07) is 3.48. The van der Waals surface area contributed by atoms with Gasteiger partial charge < -0.3 is 5.73 Å². The minimum Gasteiger partial charge on any atom is -0.396 e. The first-order chi connectivity index (χ1) is 9.92. The van der Waals surface area contributed by atoms with E-state index in [1.54, 1.807) is 0 Å². The van der Waals surface area contributed by atoms with E-state index in [1.165, 1.54) is 25.3 Å². The molecule has 3 N–H and O–H groups in total. The van der Waals surface area contributed by atoms with E-state index in [4.69, 9.17) is 5.73 Å². The summed E-state index contributed by atoms with van der Waals surface area (Å²) in [6.07, 6.45) is 5.67. The topological polar surface area (TPSA) is 72.2 Å². The third kappa shape index (κ3) is 4.17. The summed E-state index contributed by atoms with van der Waals surface area (Å²) in [5.74, 6) is 0.571. The molecule has 0 heterocycles. The normalized spacial score (nSPS) is 23.1. The van der Waals surface area contributed by atoms with Crippen LogP contribution < -0.4 is 10.5 Å². The number of nitrogens with one attached hydrogen (secondary N) is 1. The Kier molecular flexibility index (Phi) is 5.22. The van der Waals surface area contributed by atoms with Crippen molar-refractivity contribution < 1.29 is 12.8 Å². The zero-order valence-electron chi connectivity index (χ0n) is 12.3. The predicted octanol–water partition coefficient (Wildman–Crippen LogP) is 2.90. The van der Waals surface area contributed by atoms with Crippen molar-refractivity contribution in [2.24, 2.45) is 11.8 Å². The fourth-order valence-corrected chi connectivity index (χ4v) is 3.99. The molecule has 0 unspecified atom stereocenters. The molecule has 118 valence electrons. The molecule has 2 rings (SSSR count). The standard InChI is InChI=1S/C15H23FN2O2S/c1-2-11-3-5-12(6-4-11)10-18-21(19,20)13-7-8-14(16)15(17)9-13/h7-9,11-12,18H,2-6,10,17H2,1H3. The molecule has 0 aromatic heterocycles. The largest absolute Gasteiger partial charge is 0.396 e. The van der Waals surface area contributed by atoms with Gasteiger partial charge in [0.25, 0.3) is 0 Å². The first-order valence-corrected chi connectivity index (χ1v) is 8.95. The minimum absolute atomic E-state index is 0.0173. The van der Waals surface area contributed by atoms with Gasteiger partial charge in [-0.25, -0.2) is 17.5 Å². The first-order valence-electron chi connectivity index (χ1n) is 7.47. The van der Waals surface area contributed by atoms with Gasteiger partial charge in [0.05, 0.1) is 10.6 Å². The molecule has 0 radical (unpaired) electrons. The molecule has 1 aromatic carbocycles. The number of nitrogen functional groups attached to an aromatic ring is 1. The van der Waals surface area contributed by atoms with Crippen molar-refractivity contribution in [1.29, 1.82) is 0 Å². The summed E-state index contributed by atoms with van der Waals surface area (Å²) in [5.41, 5.74) is 5.27. The van der Waals surface area contributed by atoms with E-state index in [1.807, 2.05) is 0 Å². The highest BCUT2D eigenvalue weighted by atomic mass is 32.2. The van der Waals surface area contributed by atoms with Gasteiger partial charge in [0, 0.05) is 6.54 Å². The number of sulfonamides is 1. The van der Waals surface area contributed by atoms with Crippen LogP contribution >= 0.6 is 0 Å². The summed E-state index contributed by atoms with van der Waals surface area (Å²) in [4.78, 5) is 0.0173. The van der Waals surface area contributed by atoms with Crippen molar-refractivity contribution in [3.05, 3.63) is 24.0 Å². The Morgan fingerprint density at radius 1 is 1.24 bits per heavy atom. The second-order valence-electron chi connectivity index (χ2n) is 5.83. The van der Waals surface area contributed by atoms with Crippen molar-refractivity contribution in [2.75, 3.05) is 12.3 Å². The maximum Gasteiger partial charge on any atom is 0.240 e. The number of hydrogen-bond donors (Lipinski definition) is 2. The lowest BCUT2D eigenvalue weighted by molar-refractivity contribution is 0.270. The smallest absolute Gasteiger partial charge is 0.240 e. The van der Waals surface area contributed by atoms with E-state index in [9.17, 15) is 12.8 Å². The molecule has 0 aliphatic heterocycles. The molecule has 0 amide bonds. The molecular weight excluding hydrogens is 291 g/mol. The van der Waals surface area contributed by atoms with E-state index in [0.717, 1.165) is 30.9 Å². The molecule has 0 spiro atoms. The highest BCUT2D eigenvalue weighted by molar-refractivity contribution is 7.89. The van der Waals surface area contributed by atoms with E-state index in [2.05, 4.69) is 11.6 Å². The van der Waals surface area contributed by atoms with Gasteiger partial charge in [-0.2, -0.15) is 0 Å². The summed E-state index contributed by atoms with van der Waals surface area (Å²) < 4.78 is 40.1. The number of benzene rings is 1. The van der Waals surface area contributed by atoms with Crippen LogP contribution in [0.3, 0.4) is 0 Å². The molecule has 0 atom stereocenters. The van der Waals surface area contributed by atoms with Crippen LogP contribution in [0, 0.1) is 17.7 Å². The van der Waals surface area contributed by atoms with Crippen LogP contribution in [-0.2, 0) is 10.0 Å². The third-order valence-electron chi connectivity index (χ3n) is 4.38. The SMILES string of the molecule is CCC1CCC(CNS(=O)(=O)c2ccc(F)c(N)c2)CC1. The van der Waals surface area contributed by atoms with Crippen molar-refractivity contribution in [3.8, 4) is 0 Å². The second kappa shape index (κ2) is 6.75. The Balaban J connectivity index is 1.94. The second-order valence-corrected chi connectivity index (χ2v) is 7.60.